The lowest BCUT2D eigenvalue weighted by atomic mass is 9.81. The van der Waals surface area contributed by atoms with Crippen molar-refractivity contribution in [1.82, 2.24) is 4.98 Å². The molecule has 0 aromatic carbocycles. The first-order valence-corrected chi connectivity index (χ1v) is 6.38. The van der Waals surface area contributed by atoms with Gasteiger partial charge in [0, 0.05) is 17.3 Å². The van der Waals surface area contributed by atoms with Gasteiger partial charge < -0.3 is 10.2 Å². The smallest absolute Gasteiger partial charge is 0.153 e. The summed E-state index contributed by atoms with van der Waals surface area (Å²) in [7, 11) is 0. The molecule has 0 spiro atoms. The zero-order chi connectivity index (χ0) is 11.1. The van der Waals surface area contributed by atoms with Crippen molar-refractivity contribution in [3.8, 4) is 11.5 Å². The van der Waals surface area contributed by atoms with Crippen LogP contribution in [0.25, 0.3) is 11.5 Å². The second-order valence-electron chi connectivity index (χ2n) is 4.41. The molecule has 3 rings (SSSR count). The molecule has 0 atom stereocenters. The van der Waals surface area contributed by atoms with Crippen LogP contribution in [0.5, 0.6) is 0 Å². The highest BCUT2D eigenvalue weighted by atomic mass is 32.1. The summed E-state index contributed by atoms with van der Waals surface area (Å²) in [5, 5.41) is 3.27. The van der Waals surface area contributed by atoms with Gasteiger partial charge in [-0.2, -0.15) is 0 Å². The quantitative estimate of drug-likeness (QED) is 0.869. The monoisotopic (exact) mass is 234 g/mol. The Kier molecular flexibility index (Phi) is 2.33. The van der Waals surface area contributed by atoms with Gasteiger partial charge in [0.1, 0.15) is 11.5 Å². The summed E-state index contributed by atoms with van der Waals surface area (Å²) < 4.78 is 5.55. The average Bonchev–Trinajstić information content (AvgIpc) is 2.81. The fourth-order valence-electron chi connectivity index (χ4n) is 2.02. The third-order valence-electron chi connectivity index (χ3n) is 3.04. The van der Waals surface area contributed by atoms with Crippen LogP contribution in [0.3, 0.4) is 0 Å². The highest BCUT2D eigenvalue weighted by Gasteiger charge is 2.29. The van der Waals surface area contributed by atoms with Crippen LogP contribution >= 0.6 is 11.3 Å². The van der Waals surface area contributed by atoms with E-state index >= 15 is 0 Å². The SMILES string of the molecule is Cc1ccc(-c2csc(C3CC(N)C3)n2)o1. The number of hydrogen-bond acceptors (Lipinski definition) is 4. The number of aromatic nitrogens is 1. The Bertz CT molecular complexity index is 497. The molecule has 1 saturated carbocycles. The molecule has 1 aliphatic rings. The molecule has 0 saturated heterocycles. The van der Waals surface area contributed by atoms with Gasteiger partial charge in [-0.3, -0.25) is 0 Å². The van der Waals surface area contributed by atoms with Gasteiger partial charge in [-0.05, 0) is 31.9 Å². The lowest BCUT2D eigenvalue weighted by Crippen LogP contribution is -2.34. The van der Waals surface area contributed by atoms with Crippen LogP contribution in [0, 0.1) is 6.92 Å². The van der Waals surface area contributed by atoms with Crippen LogP contribution in [-0.4, -0.2) is 11.0 Å². The van der Waals surface area contributed by atoms with Crippen LogP contribution in [0.15, 0.2) is 21.9 Å². The van der Waals surface area contributed by atoms with E-state index in [1.807, 2.05) is 19.1 Å². The fraction of sp³-hybridized carbons (Fsp3) is 0.417. The molecule has 0 bridgehead atoms. The maximum absolute atomic E-state index is 5.79. The Morgan fingerprint density at radius 2 is 2.25 bits per heavy atom. The molecule has 0 amide bonds. The van der Waals surface area contributed by atoms with Crippen molar-refractivity contribution in [2.24, 2.45) is 5.73 Å². The van der Waals surface area contributed by atoms with Crippen LogP contribution in [0.1, 0.15) is 29.5 Å². The highest BCUT2D eigenvalue weighted by Crippen LogP contribution is 2.38. The Morgan fingerprint density at radius 1 is 1.44 bits per heavy atom. The van der Waals surface area contributed by atoms with Crippen molar-refractivity contribution in [2.75, 3.05) is 0 Å². The van der Waals surface area contributed by atoms with E-state index in [1.54, 1.807) is 11.3 Å². The van der Waals surface area contributed by atoms with Gasteiger partial charge in [0.05, 0.1) is 5.01 Å². The van der Waals surface area contributed by atoms with Gasteiger partial charge in [0.15, 0.2) is 5.76 Å². The molecule has 0 aliphatic heterocycles. The van der Waals surface area contributed by atoms with E-state index in [9.17, 15) is 0 Å². The first-order valence-electron chi connectivity index (χ1n) is 5.50. The molecular weight excluding hydrogens is 220 g/mol. The van der Waals surface area contributed by atoms with E-state index in [-0.39, 0.29) is 0 Å². The number of nitrogens with zero attached hydrogens (tertiary/aromatic N) is 1. The van der Waals surface area contributed by atoms with Crippen LogP contribution in [-0.2, 0) is 0 Å². The van der Waals surface area contributed by atoms with E-state index in [4.69, 9.17) is 10.2 Å². The number of aryl methyl sites for hydroxylation is 1. The lowest BCUT2D eigenvalue weighted by molar-refractivity contribution is 0.350. The summed E-state index contributed by atoms with van der Waals surface area (Å²) in [6.07, 6.45) is 2.15. The van der Waals surface area contributed by atoms with Crippen molar-refractivity contribution in [3.63, 3.8) is 0 Å². The third kappa shape index (κ3) is 1.68. The van der Waals surface area contributed by atoms with Gasteiger partial charge in [-0.1, -0.05) is 0 Å². The average molecular weight is 234 g/mol. The second-order valence-corrected chi connectivity index (χ2v) is 5.30. The van der Waals surface area contributed by atoms with Crippen molar-refractivity contribution in [2.45, 2.75) is 31.7 Å². The van der Waals surface area contributed by atoms with Crippen molar-refractivity contribution in [3.05, 3.63) is 28.3 Å². The lowest BCUT2D eigenvalue weighted by Gasteiger charge is -2.30. The minimum atomic E-state index is 0.378. The standard InChI is InChI=1S/C12H14N2OS/c1-7-2-3-11(15-7)10-6-16-12(14-10)8-4-9(13)5-8/h2-3,6,8-9H,4-5,13H2,1H3. The maximum Gasteiger partial charge on any atom is 0.153 e. The van der Waals surface area contributed by atoms with Gasteiger partial charge in [-0.25, -0.2) is 4.98 Å². The third-order valence-corrected chi connectivity index (χ3v) is 4.05. The number of nitrogens with two attached hydrogens (primary N) is 1. The molecule has 16 heavy (non-hydrogen) atoms. The summed E-state index contributed by atoms with van der Waals surface area (Å²) in [6, 6.07) is 4.32. The topological polar surface area (TPSA) is 52.0 Å². The zero-order valence-electron chi connectivity index (χ0n) is 9.14. The van der Waals surface area contributed by atoms with Crippen molar-refractivity contribution in [1.29, 1.82) is 0 Å². The Balaban J connectivity index is 1.82. The zero-order valence-corrected chi connectivity index (χ0v) is 9.96. The Labute approximate surface area is 98.3 Å². The summed E-state index contributed by atoms with van der Waals surface area (Å²) in [5.74, 6) is 2.36. The number of thiazole rings is 1. The first-order chi connectivity index (χ1) is 7.72. The molecule has 84 valence electrons. The number of hydrogen-bond donors (Lipinski definition) is 1. The molecule has 1 fully saturated rings. The predicted octanol–water partition coefficient (Wildman–Crippen LogP) is 2.92. The number of rotatable bonds is 2. The van der Waals surface area contributed by atoms with Crippen LogP contribution in [0.2, 0.25) is 0 Å². The second kappa shape index (κ2) is 3.71. The van der Waals surface area contributed by atoms with Gasteiger partial charge >= 0.3 is 0 Å². The molecule has 4 heteroatoms. The summed E-state index contributed by atoms with van der Waals surface area (Å²) in [4.78, 5) is 4.62. The Hall–Kier alpha value is -1.13. The Morgan fingerprint density at radius 3 is 2.88 bits per heavy atom. The van der Waals surface area contributed by atoms with E-state index in [0.717, 1.165) is 30.1 Å². The molecular formula is C12H14N2OS. The first kappa shape index (κ1) is 10.1. The molecule has 1 aliphatic carbocycles. The normalized spacial score (nSPS) is 24.4. The van der Waals surface area contributed by atoms with Gasteiger partial charge in [0.25, 0.3) is 0 Å². The fourth-order valence-corrected chi connectivity index (χ4v) is 2.96. The molecule has 2 N–H and O–H groups in total. The van der Waals surface area contributed by atoms with Crippen molar-refractivity contribution < 1.29 is 4.42 Å². The van der Waals surface area contributed by atoms with Crippen molar-refractivity contribution >= 4 is 11.3 Å². The summed E-state index contributed by atoms with van der Waals surface area (Å²) >= 11 is 1.71. The predicted molar refractivity (Wildman–Crippen MR) is 64.5 cm³/mol. The van der Waals surface area contributed by atoms with E-state index < -0.39 is 0 Å². The van der Waals surface area contributed by atoms with Crippen LogP contribution in [0.4, 0.5) is 0 Å². The summed E-state index contributed by atoms with van der Waals surface area (Å²) in [6.45, 7) is 1.95. The van der Waals surface area contributed by atoms with Crippen LogP contribution < -0.4 is 5.73 Å². The van der Waals surface area contributed by atoms with E-state index in [0.29, 0.717) is 12.0 Å². The molecule has 2 heterocycles. The molecule has 0 radical (unpaired) electrons. The van der Waals surface area contributed by atoms with Gasteiger partial charge in [-0.15, -0.1) is 11.3 Å². The minimum Gasteiger partial charge on any atom is -0.460 e. The van der Waals surface area contributed by atoms with Gasteiger partial charge in [0.2, 0.25) is 0 Å². The maximum atomic E-state index is 5.79. The highest BCUT2D eigenvalue weighted by molar-refractivity contribution is 7.10. The van der Waals surface area contributed by atoms with E-state index in [1.165, 1.54) is 5.01 Å². The molecule has 0 unspecified atom stereocenters. The molecule has 2 aromatic heterocycles. The minimum absolute atomic E-state index is 0.378. The van der Waals surface area contributed by atoms with E-state index in [2.05, 4.69) is 10.4 Å². The molecule has 3 nitrogen and oxygen atoms in total. The number of furan rings is 1. The summed E-state index contributed by atoms with van der Waals surface area (Å²) in [5.41, 5.74) is 6.74. The largest absolute Gasteiger partial charge is 0.460 e. The molecule has 2 aromatic rings.